The van der Waals surface area contributed by atoms with Gasteiger partial charge in [-0.15, -0.1) is 0 Å². The van der Waals surface area contributed by atoms with Gasteiger partial charge >= 0.3 is 6.03 Å². The van der Waals surface area contributed by atoms with E-state index in [2.05, 4.69) is 31.9 Å². The number of hydrogen-bond donors (Lipinski definition) is 3. The van der Waals surface area contributed by atoms with Gasteiger partial charge in [0.25, 0.3) is 5.91 Å². The molecule has 3 N–H and O–H groups in total. The zero-order chi connectivity index (χ0) is 18.0. The molecular weight excluding hydrogens is 406 g/mol. The van der Waals surface area contributed by atoms with Gasteiger partial charge in [-0.05, 0) is 36.8 Å². The molecule has 0 radical (unpaired) electrons. The summed E-state index contributed by atoms with van der Waals surface area (Å²) in [6.07, 6.45) is 0. The molecule has 1 atom stereocenters. The average molecular weight is 421 g/mol. The molecule has 1 heterocycles. The second-order valence-electron chi connectivity index (χ2n) is 5.56. The summed E-state index contributed by atoms with van der Waals surface area (Å²) < 4.78 is 0.916. The molecule has 2 aromatic carbocycles. The fourth-order valence-corrected chi connectivity index (χ4v) is 3.10. The number of allylic oxidation sites excluding steroid dienone is 1. The summed E-state index contributed by atoms with van der Waals surface area (Å²) in [7, 11) is 0. The van der Waals surface area contributed by atoms with Crippen molar-refractivity contribution in [3.63, 3.8) is 0 Å². The molecule has 0 saturated carbocycles. The van der Waals surface area contributed by atoms with Crippen molar-refractivity contribution in [3.8, 4) is 0 Å². The minimum Gasteiger partial charge on any atom is -0.327 e. The van der Waals surface area contributed by atoms with Crippen LogP contribution in [0.4, 0.5) is 10.5 Å². The zero-order valence-electron chi connectivity index (χ0n) is 13.3. The van der Waals surface area contributed by atoms with Crippen molar-refractivity contribution < 1.29 is 9.59 Å². The van der Waals surface area contributed by atoms with Crippen LogP contribution in [0.15, 0.2) is 64.3 Å². The SMILES string of the molecule is CC1=C(C(=O)Nc2ccccc2Cl)[C@H](c2ccc(Br)cc2)NC(=O)N1. The first kappa shape index (κ1) is 17.5. The van der Waals surface area contributed by atoms with Crippen LogP contribution in [0.1, 0.15) is 18.5 Å². The van der Waals surface area contributed by atoms with E-state index in [0.29, 0.717) is 22.0 Å². The van der Waals surface area contributed by atoms with E-state index in [1.165, 1.54) is 0 Å². The number of carbonyl (C=O) groups is 2. The lowest BCUT2D eigenvalue weighted by atomic mass is 9.95. The van der Waals surface area contributed by atoms with Gasteiger partial charge in [0.1, 0.15) is 0 Å². The smallest absolute Gasteiger partial charge is 0.319 e. The van der Waals surface area contributed by atoms with E-state index in [9.17, 15) is 9.59 Å². The first-order valence-electron chi connectivity index (χ1n) is 7.55. The Bertz CT molecular complexity index is 865. The minimum absolute atomic E-state index is 0.328. The fourth-order valence-electron chi connectivity index (χ4n) is 2.65. The van der Waals surface area contributed by atoms with Crippen molar-refractivity contribution in [2.45, 2.75) is 13.0 Å². The third-order valence-electron chi connectivity index (χ3n) is 3.84. The Balaban J connectivity index is 1.96. The molecule has 25 heavy (non-hydrogen) atoms. The first-order valence-corrected chi connectivity index (χ1v) is 8.72. The van der Waals surface area contributed by atoms with E-state index in [1.807, 2.05) is 24.3 Å². The molecule has 0 fully saturated rings. The van der Waals surface area contributed by atoms with Crippen LogP contribution < -0.4 is 16.0 Å². The lowest BCUT2D eigenvalue weighted by Gasteiger charge is -2.28. The van der Waals surface area contributed by atoms with Gasteiger partial charge in [-0.25, -0.2) is 4.79 Å². The summed E-state index contributed by atoms with van der Waals surface area (Å²) in [6.45, 7) is 1.70. The lowest BCUT2D eigenvalue weighted by molar-refractivity contribution is -0.113. The Morgan fingerprint density at radius 2 is 1.84 bits per heavy atom. The van der Waals surface area contributed by atoms with Crippen molar-refractivity contribution in [2.75, 3.05) is 5.32 Å². The molecule has 3 rings (SSSR count). The largest absolute Gasteiger partial charge is 0.327 e. The summed E-state index contributed by atoms with van der Waals surface area (Å²) in [5.74, 6) is -0.328. The maximum absolute atomic E-state index is 12.9. The second kappa shape index (κ2) is 7.29. The number of benzene rings is 2. The number of hydrogen-bond acceptors (Lipinski definition) is 2. The monoisotopic (exact) mass is 419 g/mol. The summed E-state index contributed by atoms with van der Waals surface area (Å²) in [5, 5.41) is 8.70. The number of amides is 3. The number of halogens is 2. The van der Waals surface area contributed by atoms with Crippen molar-refractivity contribution >= 4 is 45.2 Å². The van der Waals surface area contributed by atoms with E-state index in [-0.39, 0.29) is 11.9 Å². The van der Waals surface area contributed by atoms with Gasteiger partial charge in [0, 0.05) is 10.2 Å². The molecule has 0 unspecified atom stereocenters. The Morgan fingerprint density at radius 3 is 2.52 bits per heavy atom. The molecule has 0 bridgehead atoms. The highest BCUT2D eigenvalue weighted by Crippen LogP contribution is 2.29. The van der Waals surface area contributed by atoms with Gasteiger partial charge in [0.05, 0.1) is 22.3 Å². The Hall–Kier alpha value is -2.31. The number of nitrogens with one attached hydrogen (secondary N) is 3. The second-order valence-corrected chi connectivity index (χ2v) is 6.88. The van der Waals surface area contributed by atoms with Crippen LogP contribution in [0.25, 0.3) is 0 Å². The Kier molecular flexibility index (Phi) is 5.11. The predicted octanol–water partition coefficient (Wildman–Crippen LogP) is 4.37. The number of para-hydroxylation sites is 1. The van der Waals surface area contributed by atoms with E-state index in [4.69, 9.17) is 11.6 Å². The molecule has 0 aliphatic carbocycles. The Labute approximate surface area is 158 Å². The highest BCUT2D eigenvalue weighted by Gasteiger charge is 2.31. The zero-order valence-corrected chi connectivity index (χ0v) is 15.6. The van der Waals surface area contributed by atoms with Crippen LogP contribution in [0.2, 0.25) is 5.02 Å². The highest BCUT2D eigenvalue weighted by molar-refractivity contribution is 9.10. The van der Waals surface area contributed by atoms with Crippen LogP contribution >= 0.6 is 27.5 Å². The Morgan fingerprint density at radius 1 is 1.16 bits per heavy atom. The predicted molar refractivity (Wildman–Crippen MR) is 101 cm³/mol. The fraction of sp³-hybridized carbons (Fsp3) is 0.111. The lowest BCUT2D eigenvalue weighted by Crippen LogP contribution is -2.45. The molecule has 2 aromatic rings. The first-order chi connectivity index (χ1) is 12.0. The normalized spacial score (nSPS) is 16.9. The molecule has 0 spiro atoms. The van der Waals surface area contributed by atoms with Crippen molar-refractivity contribution in [1.82, 2.24) is 10.6 Å². The molecule has 128 valence electrons. The van der Waals surface area contributed by atoms with Crippen LogP contribution in [0.3, 0.4) is 0 Å². The summed E-state index contributed by atoms with van der Waals surface area (Å²) >= 11 is 9.50. The molecular formula is C18H15BrClN3O2. The highest BCUT2D eigenvalue weighted by atomic mass is 79.9. The summed E-state index contributed by atoms with van der Waals surface area (Å²) in [6, 6.07) is 13.5. The number of urea groups is 1. The van der Waals surface area contributed by atoms with Crippen molar-refractivity contribution in [1.29, 1.82) is 0 Å². The van der Waals surface area contributed by atoms with Crippen LogP contribution in [-0.4, -0.2) is 11.9 Å². The van der Waals surface area contributed by atoms with Crippen molar-refractivity contribution in [3.05, 3.63) is 74.9 Å². The topological polar surface area (TPSA) is 70.2 Å². The van der Waals surface area contributed by atoms with E-state index < -0.39 is 6.04 Å². The maximum Gasteiger partial charge on any atom is 0.319 e. The van der Waals surface area contributed by atoms with Gasteiger partial charge in [-0.2, -0.15) is 0 Å². The quantitative estimate of drug-likeness (QED) is 0.690. The van der Waals surface area contributed by atoms with Gasteiger partial charge in [0.2, 0.25) is 0 Å². The molecule has 7 heteroatoms. The molecule has 0 saturated heterocycles. The van der Waals surface area contributed by atoms with Gasteiger partial charge in [-0.1, -0.05) is 51.8 Å². The van der Waals surface area contributed by atoms with E-state index >= 15 is 0 Å². The summed E-state index contributed by atoms with van der Waals surface area (Å²) in [4.78, 5) is 24.7. The van der Waals surface area contributed by atoms with Crippen LogP contribution in [0.5, 0.6) is 0 Å². The van der Waals surface area contributed by atoms with Crippen LogP contribution in [-0.2, 0) is 4.79 Å². The molecule has 0 aromatic heterocycles. The number of anilines is 1. The third kappa shape index (κ3) is 3.86. The standard InChI is InChI=1S/C18H15BrClN3O2/c1-10-15(17(24)22-14-5-3-2-4-13(14)20)16(23-18(25)21-10)11-6-8-12(19)9-7-11/h2-9,16H,1H3,(H,22,24)(H2,21,23,25)/t16-/m0/s1. The maximum atomic E-state index is 12.9. The van der Waals surface area contributed by atoms with Gasteiger partial charge in [-0.3, -0.25) is 4.79 Å². The summed E-state index contributed by atoms with van der Waals surface area (Å²) in [5.41, 5.74) is 2.26. The van der Waals surface area contributed by atoms with Gasteiger partial charge < -0.3 is 16.0 Å². The van der Waals surface area contributed by atoms with Gasteiger partial charge in [0.15, 0.2) is 0 Å². The molecule has 1 aliphatic heterocycles. The third-order valence-corrected chi connectivity index (χ3v) is 4.70. The minimum atomic E-state index is -0.552. The van der Waals surface area contributed by atoms with Crippen LogP contribution in [0, 0.1) is 0 Å². The average Bonchev–Trinajstić information content (AvgIpc) is 2.57. The van der Waals surface area contributed by atoms with E-state index in [0.717, 1.165) is 10.0 Å². The number of rotatable bonds is 3. The molecule has 3 amide bonds. The van der Waals surface area contributed by atoms with E-state index in [1.54, 1.807) is 31.2 Å². The number of carbonyl (C=O) groups excluding carboxylic acids is 2. The van der Waals surface area contributed by atoms with Crippen molar-refractivity contribution in [2.24, 2.45) is 0 Å². The molecule has 5 nitrogen and oxygen atoms in total. The molecule has 1 aliphatic rings.